The molecule has 27 atom stereocenters. The topological polar surface area (TPSA) is 162 Å². The summed E-state index contributed by atoms with van der Waals surface area (Å²) in [5.74, 6) is 2.31. The lowest BCUT2D eigenvalue weighted by atomic mass is 9.53. The van der Waals surface area contributed by atoms with E-state index in [0.717, 1.165) is 78.0 Å². The van der Waals surface area contributed by atoms with Crippen molar-refractivity contribution in [3.05, 3.63) is 0 Å². The minimum absolute atomic E-state index is 0.00703. The van der Waals surface area contributed by atoms with Gasteiger partial charge >= 0.3 is 17.9 Å². The lowest BCUT2D eigenvalue weighted by Crippen LogP contribution is -2.55. The molecule has 18 fully saturated rings. The Morgan fingerprint density at radius 2 is 0.880 bits per heavy atom. The van der Waals surface area contributed by atoms with Crippen LogP contribution in [-0.2, 0) is 71.2 Å². The zero-order chi connectivity index (χ0) is 52.2. The van der Waals surface area contributed by atoms with Gasteiger partial charge in [-0.3, -0.25) is 4.79 Å². The summed E-state index contributed by atoms with van der Waals surface area (Å²) < 4.78 is 75.4. The van der Waals surface area contributed by atoms with Crippen molar-refractivity contribution in [3.63, 3.8) is 0 Å². The lowest BCUT2D eigenvalue weighted by Gasteiger charge is -2.47. The van der Waals surface area contributed by atoms with Gasteiger partial charge in [0, 0.05) is 53.8 Å². The summed E-state index contributed by atoms with van der Waals surface area (Å²) in [6.45, 7) is 32.0. The van der Waals surface area contributed by atoms with Crippen LogP contribution in [-0.4, -0.2) is 130 Å². The molecule has 0 aromatic rings. The number of carbonyl (C=O) groups is 3. The van der Waals surface area contributed by atoms with E-state index in [1.165, 1.54) is 6.42 Å². The summed E-state index contributed by atoms with van der Waals surface area (Å²) in [5, 5.41) is 0. The summed E-state index contributed by atoms with van der Waals surface area (Å²) in [4.78, 5) is 38.9. The van der Waals surface area contributed by atoms with Crippen molar-refractivity contribution in [2.45, 2.75) is 213 Å². The molecule has 12 aliphatic heterocycles. The van der Waals surface area contributed by atoms with Crippen LogP contribution in [0.1, 0.15) is 141 Å². The zero-order valence-corrected chi connectivity index (χ0v) is 46.6. The minimum Gasteiger partial charge on any atom is -0.459 e. The Labute approximate surface area is 442 Å². The maximum Gasteiger partial charge on any atom is 0.340 e. The second kappa shape index (κ2) is 14.2. The van der Waals surface area contributed by atoms with Gasteiger partial charge in [0.2, 0.25) is 6.29 Å². The van der Waals surface area contributed by atoms with Crippen LogP contribution in [0.25, 0.3) is 0 Å². The normalized spacial score (nSPS) is 61.2. The van der Waals surface area contributed by atoms with E-state index in [2.05, 4.69) is 83.1 Å². The van der Waals surface area contributed by atoms with E-state index in [1.54, 1.807) is 0 Å². The van der Waals surface area contributed by atoms with Gasteiger partial charge in [-0.25, -0.2) is 9.59 Å². The highest BCUT2D eigenvalue weighted by Crippen LogP contribution is 2.87. The third-order valence-electron chi connectivity index (χ3n) is 26.4. The van der Waals surface area contributed by atoms with Crippen LogP contribution in [0.4, 0.5) is 0 Å². The Balaban J connectivity index is 0.0000000954. The maximum atomic E-state index is 13.3. The number of hydrogen-bond donors (Lipinski definition) is 0. The molecule has 15 heteroatoms. The highest BCUT2D eigenvalue weighted by atomic mass is 16.7. The van der Waals surface area contributed by atoms with Gasteiger partial charge in [-0.05, 0) is 103 Å². The Hall–Kier alpha value is -1.95. The van der Waals surface area contributed by atoms with Gasteiger partial charge in [0.1, 0.15) is 17.8 Å². The van der Waals surface area contributed by atoms with Crippen LogP contribution >= 0.6 is 0 Å². The molecule has 18 rings (SSSR count). The van der Waals surface area contributed by atoms with Crippen molar-refractivity contribution < 1.29 is 71.2 Å². The molecule has 15 nitrogen and oxygen atoms in total. The summed E-state index contributed by atoms with van der Waals surface area (Å²) in [6, 6.07) is 0. The van der Waals surface area contributed by atoms with Crippen LogP contribution < -0.4 is 0 Å². The summed E-state index contributed by atoms with van der Waals surface area (Å²) >= 11 is 0. The largest absolute Gasteiger partial charge is 0.459 e. The van der Waals surface area contributed by atoms with Crippen molar-refractivity contribution in [1.82, 2.24) is 0 Å². The zero-order valence-electron chi connectivity index (χ0n) is 46.6. The van der Waals surface area contributed by atoms with Crippen LogP contribution in [0.3, 0.4) is 0 Å². The van der Waals surface area contributed by atoms with Gasteiger partial charge in [0.15, 0.2) is 23.8 Å². The van der Waals surface area contributed by atoms with Crippen molar-refractivity contribution in [2.75, 3.05) is 39.6 Å². The Morgan fingerprint density at radius 3 is 1.41 bits per heavy atom. The number of carbonyl (C=O) groups excluding carboxylic acids is 3. The molecule has 0 bridgehead atoms. The third-order valence-corrected chi connectivity index (χ3v) is 26.4. The quantitative estimate of drug-likeness (QED) is 0.173. The van der Waals surface area contributed by atoms with Crippen LogP contribution in [0.2, 0.25) is 0 Å². The van der Waals surface area contributed by atoms with E-state index in [4.69, 9.17) is 56.8 Å². The van der Waals surface area contributed by atoms with Gasteiger partial charge in [-0.2, -0.15) is 0 Å². The van der Waals surface area contributed by atoms with Crippen LogP contribution in [0, 0.1) is 102 Å². The first kappa shape index (κ1) is 48.9. The molecule has 6 aliphatic carbocycles. The molecule has 414 valence electrons. The molecule has 75 heavy (non-hydrogen) atoms. The van der Waals surface area contributed by atoms with Gasteiger partial charge in [0.05, 0.1) is 66.9 Å². The van der Waals surface area contributed by atoms with Gasteiger partial charge in [0.25, 0.3) is 0 Å². The van der Waals surface area contributed by atoms with Crippen molar-refractivity contribution in [3.8, 4) is 0 Å². The number of fused-ring (bicyclic) bond motifs is 3. The molecule has 12 saturated heterocycles. The van der Waals surface area contributed by atoms with Gasteiger partial charge < -0.3 is 56.8 Å². The molecule has 18 aliphatic rings. The highest BCUT2D eigenvalue weighted by Gasteiger charge is 2.97. The molecule has 15 unspecified atom stereocenters. The molecule has 12 heterocycles. The predicted molar refractivity (Wildman–Crippen MR) is 262 cm³/mol. The maximum absolute atomic E-state index is 13.3. The summed E-state index contributed by atoms with van der Waals surface area (Å²) in [6.07, 6.45) is 7.73. The fourth-order valence-corrected chi connectivity index (χ4v) is 25.0. The van der Waals surface area contributed by atoms with Crippen LogP contribution in [0.15, 0.2) is 0 Å². The number of rotatable bonds is 0. The monoisotopic (exact) mass is 1040 g/mol. The summed E-state index contributed by atoms with van der Waals surface area (Å²) in [5.41, 5.74) is -2.82. The Bertz CT molecular complexity index is 2550. The predicted octanol–water partition coefficient (Wildman–Crippen LogP) is 7.56. The number of hydrogen-bond acceptors (Lipinski definition) is 15. The Morgan fingerprint density at radius 1 is 0.453 bits per heavy atom. The standard InChI is InChI=1S/C20H26O6.C20H28O5.C20H30O4/c1-9-8-23-10-6-19-12-5-11(17(2,3)4)18(19)7-13(21)25-16(18)26-20(19,14(9)10)15(22)24-12;1-10-9-23-11-8-19-13-7-12(17(2,3)4)18(19)5-6-22-16(18)25-20(19,14(10)11)15(21)24-13;1-11-9-22-12-8-19-14-7-13(17(2,3)4)18(19)5-6-21-16(18)24-20(19,10-23-14)15(11)12/h9-12,14,16H,5-8H2,1-4H3;10-14,16H,5-9H2,1-4H3;11-16H,5-10H2,1-4H3/t9-,10?,11+,12?,14+,16+,18?,19?,20?;10-,11?,12+,13?,14+,16+,18?,19?,20?;11-,12?,13+,14?,15+,16+,18?,19?,20?/m111/s1. The summed E-state index contributed by atoms with van der Waals surface area (Å²) in [7, 11) is 0. The van der Waals surface area contributed by atoms with E-state index < -0.39 is 28.3 Å². The third kappa shape index (κ3) is 4.78. The number of ether oxygens (including phenoxy) is 12. The van der Waals surface area contributed by atoms with Crippen molar-refractivity contribution >= 4 is 17.9 Å². The fourth-order valence-electron chi connectivity index (χ4n) is 25.0. The fraction of sp³-hybridized carbons (Fsp3) is 0.950. The van der Waals surface area contributed by atoms with E-state index in [-0.39, 0.29) is 122 Å². The smallest absolute Gasteiger partial charge is 0.340 e. The average Bonchev–Trinajstić information content (AvgIpc) is 4.33. The molecule has 0 radical (unpaired) electrons. The second-order valence-electron chi connectivity index (χ2n) is 31.4. The molecule has 0 aromatic heterocycles. The van der Waals surface area contributed by atoms with E-state index >= 15 is 0 Å². The Kier molecular flexibility index (Phi) is 9.26. The number of esters is 3. The lowest BCUT2D eigenvalue weighted by molar-refractivity contribution is -0.206. The molecule has 0 N–H and O–H groups in total. The van der Waals surface area contributed by atoms with E-state index in [0.29, 0.717) is 54.8 Å². The van der Waals surface area contributed by atoms with E-state index in [9.17, 15) is 14.4 Å². The van der Waals surface area contributed by atoms with Crippen LogP contribution in [0.5, 0.6) is 0 Å². The van der Waals surface area contributed by atoms with E-state index in [1.807, 2.05) is 0 Å². The van der Waals surface area contributed by atoms with Crippen molar-refractivity contribution in [1.29, 1.82) is 0 Å². The molecular formula is C60H84O15. The molecule has 0 aromatic carbocycles. The minimum atomic E-state index is -1.01. The molecular weight excluding hydrogens is 961 g/mol. The van der Waals surface area contributed by atoms with Crippen molar-refractivity contribution in [2.24, 2.45) is 102 Å². The highest BCUT2D eigenvalue weighted by molar-refractivity contribution is 5.89. The first-order chi connectivity index (χ1) is 35.3. The van der Waals surface area contributed by atoms with Gasteiger partial charge in [-0.15, -0.1) is 0 Å². The first-order valence-corrected chi connectivity index (χ1v) is 29.7. The molecule has 0 amide bonds. The van der Waals surface area contributed by atoms with Gasteiger partial charge in [-0.1, -0.05) is 83.1 Å². The first-order valence-electron chi connectivity index (χ1n) is 29.7. The molecule has 6 spiro atoms. The molecule has 6 saturated carbocycles. The average molecular weight is 1050 g/mol. The SMILES string of the molecule is C[C@@H]1COC2CC34C5C[C@@H](C(C)(C)C)C36CC(=O)O[C@H]6OC4(C(=O)O5)[C@H]21.C[C@@H]1COC2CC34C5C[C@@H](C(C)(C)C)C36CCO[C@H]6OC4(C(=O)O5)[C@H]21.C[C@@H]1COC2CC34C5C[C@@H](C(C)(C)C)C36CCO[C@H]6OC4(CO5)[C@H]21. The second-order valence-corrected chi connectivity index (χ2v) is 31.4.